The molecule has 1 fully saturated rings. The number of halogens is 1. The number of hydrogen-bond donors (Lipinski definition) is 1. The summed E-state index contributed by atoms with van der Waals surface area (Å²) >= 11 is 5.93. The molecule has 0 aliphatic carbocycles. The Balaban J connectivity index is 2.42. The number of rotatable bonds is 1. The Kier molecular flexibility index (Phi) is 2.96. The van der Waals surface area contributed by atoms with Gasteiger partial charge >= 0.3 is 0 Å². The van der Waals surface area contributed by atoms with Crippen molar-refractivity contribution in [3.8, 4) is 0 Å². The fourth-order valence-corrected chi connectivity index (χ4v) is 2.61. The summed E-state index contributed by atoms with van der Waals surface area (Å²) in [7, 11) is 0. The summed E-state index contributed by atoms with van der Waals surface area (Å²) in [6.45, 7) is 3.85. The zero-order chi connectivity index (χ0) is 12.6. The molecular weight excluding hydrogens is 238 g/mol. The smallest absolute Gasteiger partial charge is 0.234 e. The standard InChI is InChI=1S/C13H14ClNO2/c1-13(2)7-10(16)15-12(17)11(13)8-4-3-5-9(14)6-8/h3-6,11H,7H2,1-2H3,(H,15,16,17). The van der Waals surface area contributed by atoms with Gasteiger partial charge in [0.1, 0.15) is 0 Å². The van der Waals surface area contributed by atoms with Crippen molar-refractivity contribution in [3.05, 3.63) is 34.9 Å². The fourth-order valence-electron chi connectivity index (χ4n) is 2.41. The molecule has 2 amide bonds. The van der Waals surface area contributed by atoms with Crippen molar-refractivity contribution in [3.63, 3.8) is 0 Å². The van der Waals surface area contributed by atoms with Gasteiger partial charge in [-0.05, 0) is 23.1 Å². The molecule has 1 aliphatic rings. The Hall–Kier alpha value is -1.35. The fraction of sp³-hybridized carbons (Fsp3) is 0.385. The molecular formula is C13H14ClNO2. The van der Waals surface area contributed by atoms with E-state index in [2.05, 4.69) is 5.32 Å². The van der Waals surface area contributed by atoms with Gasteiger partial charge in [0.15, 0.2) is 0 Å². The van der Waals surface area contributed by atoms with Crippen LogP contribution in [0.1, 0.15) is 31.7 Å². The lowest BCUT2D eigenvalue weighted by molar-refractivity contribution is -0.138. The maximum Gasteiger partial charge on any atom is 0.234 e. The van der Waals surface area contributed by atoms with Gasteiger partial charge in [0.25, 0.3) is 0 Å². The second kappa shape index (κ2) is 4.15. The molecule has 0 spiro atoms. The molecule has 0 radical (unpaired) electrons. The summed E-state index contributed by atoms with van der Waals surface area (Å²) in [5.41, 5.74) is 0.469. The van der Waals surface area contributed by atoms with Crippen LogP contribution < -0.4 is 5.32 Å². The summed E-state index contributed by atoms with van der Waals surface area (Å²) in [5.74, 6) is -0.786. The van der Waals surface area contributed by atoms with Crippen molar-refractivity contribution in [1.82, 2.24) is 5.32 Å². The van der Waals surface area contributed by atoms with E-state index in [1.165, 1.54) is 0 Å². The maximum atomic E-state index is 12.0. The predicted molar refractivity (Wildman–Crippen MR) is 65.7 cm³/mol. The lowest BCUT2D eigenvalue weighted by Gasteiger charge is -2.36. The van der Waals surface area contributed by atoms with Gasteiger partial charge in [-0.1, -0.05) is 37.6 Å². The van der Waals surface area contributed by atoms with Crippen LogP contribution >= 0.6 is 11.6 Å². The molecule has 1 atom stereocenters. The highest BCUT2D eigenvalue weighted by Gasteiger charge is 2.42. The summed E-state index contributed by atoms with van der Waals surface area (Å²) in [6, 6.07) is 7.23. The van der Waals surface area contributed by atoms with E-state index in [4.69, 9.17) is 11.6 Å². The maximum absolute atomic E-state index is 12.0. The molecule has 4 heteroatoms. The quantitative estimate of drug-likeness (QED) is 0.780. The van der Waals surface area contributed by atoms with E-state index in [0.717, 1.165) is 5.56 Å². The Bertz CT molecular complexity index is 482. The van der Waals surface area contributed by atoms with Crippen LogP contribution in [-0.2, 0) is 9.59 Å². The normalized spacial score (nSPS) is 23.4. The summed E-state index contributed by atoms with van der Waals surface area (Å²) < 4.78 is 0. The predicted octanol–water partition coefficient (Wildman–Crippen LogP) is 2.50. The first kappa shape index (κ1) is 12.1. The topological polar surface area (TPSA) is 46.2 Å². The van der Waals surface area contributed by atoms with Crippen LogP contribution in [0.2, 0.25) is 5.02 Å². The highest BCUT2D eigenvalue weighted by atomic mass is 35.5. The lowest BCUT2D eigenvalue weighted by Crippen LogP contribution is -2.48. The van der Waals surface area contributed by atoms with Gasteiger partial charge in [0.05, 0.1) is 5.92 Å². The van der Waals surface area contributed by atoms with E-state index in [9.17, 15) is 9.59 Å². The SMILES string of the molecule is CC1(C)CC(=O)NC(=O)C1c1cccc(Cl)c1. The van der Waals surface area contributed by atoms with Gasteiger partial charge < -0.3 is 0 Å². The number of hydrogen-bond acceptors (Lipinski definition) is 2. The van der Waals surface area contributed by atoms with Gasteiger partial charge in [0.2, 0.25) is 11.8 Å². The molecule has 1 unspecified atom stereocenters. The number of piperidine rings is 1. The van der Waals surface area contributed by atoms with E-state index in [1.807, 2.05) is 26.0 Å². The molecule has 0 aromatic heterocycles. The molecule has 0 bridgehead atoms. The van der Waals surface area contributed by atoms with Crippen LogP contribution in [0.15, 0.2) is 24.3 Å². The van der Waals surface area contributed by atoms with Gasteiger partial charge in [-0.3, -0.25) is 14.9 Å². The molecule has 1 aromatic rings. The molecule has 0 saturated carbocycles. The number of nitrogens with one attached hydrogen (secondary N) is 1. The van der Waals surface area contributed by atoms with Crippen molar-refractivity contribution in [1.29, 1.82) is 0 Å². The largest absolute Gasteiger partial charge is 0.296 e. The first-order valence-electron chi connectivity index (χ1n) is 5.49. The monoisotopic (exact) mass is 251 g/mol. The number of amides is 2. The van der Waals surface area contributed by atoms with Crippen LogP contribution in [0.4, 0.5) is 0 Å². The third-order valence-electron chi connectivity index (χ3n) is 3.10. The van der Waals surface area contributed by atoms with E-state index < -0.39 is 0 Å². The second-order valence-corrected chi connectivity index (χ2v) is 5.50. The number of carbonyl (C=O) groups excluding carboxylic acids is 2. The zero-order valence-corrected chi connectivity index (χ0v) is 10.5. The zero-order valence-electron chi connectivity index (χ0n) is 9.79. The van der Waals surface area contributed by atoms with Crippen molar-refractivity contribution in [2.45, 2.75) is 26.2 Å². The molecule has 1 saturated heterocycles. The molecule has 2 rings (SSSR count). The third kappa shape index (κ3) is 2.34. The van der Waals surface area contributed by atoms with Crippen LogP contribution in [0.5, 0.6) is 0 Å². The van der Waals surface area contributed by atoms with Gasteiger partial charge in [0, 0.05) is 11.4 Å². The minimum atomic E-state index is -0.385. The summed E-state index contributed by atoms with van der Waals surface area (Å²) in [6.07, 6.45) is 0.343. The number of imide groups is 1. The Labute approximate surface area is 105 Å². The first-order chi connectivity index (χ1) is 7.90. The van der Waals surface area contributed by atoms with Crippen LogP contribution in [0, 0.1) is 5.41 Å². The van der Waals surface area contributed by atoms with Gasteiger partial charge in [-0.15, -0.1) is 0 Å². The van der Waals surface area contributed by atoms with Crippen LogP contribution in [0.25, 0.3) is 0 Å². The average molecular weight is 252 g/mol. The van der Waals surface area contributed by atoms with Crippen molar-refractivity contribution in [2.75, 3.05) is 0 Å². The minimum Gasteiger partial charge on any atom is -0.296 e. The Morgan fingerprint density at radius 2 is 2.06 bits per heavy atom. The molecule has 17 heavy (non-hydrogen) atoms. The third-order valence-corrected chi connectivity index (χ3v) is 3.34. The van der Waals surface area contributed by atoms with Crippen molar-refractivity contribution < 1.29 is 9.59 Å². The highest BCUT2D eigenvalue weighted by molar-refractivity contribution is 6.30. The van der Waals surface area contributed by atoms with Crippen molar-refractivity contribution >= 4 is 23.4 Å². The molecule has 1 heterocycles. The Morgan fingerprint density at radius 3 is 2.65 bits per heavy atom. The molecule has 1 aromatic carbocycles. The molecule has 90 valence electrons. The minimum absolute atomic E-state index is 0.210. The summed E-state index contributed by atoms with van der Waals surface area (Å²) in [4.78, 5) is 23.3. The van der Waals surface area contributed by atoms with Crippen molar-refractivity contribution in [2.24, 2.45) is 5.41 Å². The van der Waals surface area contributed by atoms with E-state index in [1.54, 1.807) is 12.1 Å². The lowest BCUT2D eigenvalue weighted by atomic mass is 9.70. The Morgan fingerprint density at radius 1 is 1.35 bits per heavy atom. The van der Waals surface area contributed by atoms with E-state index in [-0.39, 0.29) is 23.1 Å². The van der Waals surface area contributed by atoms with Crippen LogP contribution in [-0.4, -0.2) is 11.8 Å². The van der Waals surface area contributed by atoms with E-state index >= 15 is 0 Å². The number of benzene rings is 1. The molecule has 1 N–H and O–H groups in total. The van der Waals surface area contributed by atoms with Gasteiger partial charge in [-0.25, -0.2) is 0 Å². The molecule has 3 nitrogen and oxygen atoms in total. The average Bonchev–Trinajstić information content (AvgIpc) is 2.13. The number of carbonyl (C=O) groups is 2. The first-order valence-corrected chi connectivity index (χ1v) is 5.87. The second-order valence-electron chi connectivity index (χ2n) is 5.07. The van der Waals surface area contributed by atoms with Crippen LogP contribution in [0.3, 0.4) is 0 Å². The molecule has 1 aliphatic heterocycles. The highest BCUT2D eigenvalue weighted by Crippen LogP contribution is 2.41. The van der Waals surface area contributed by atoms with E-state index in [0.29, 0.717) is 11.4 Å². The van der Waals surface area contributed by atoms with Gasteiger partial charge in [-0.2, -0.15) is 0 Å². The summed E-state index contributed by atoms with van der Waals surface area (Å²) in [5, 5.41) is 2.98.